The normalized spacial score (nSPS) is 11.3. The average Bonchev–Trinajstić information content (AvgIpc) is 3.12. The van der Waals surface area contributed by atoms with Crippen molar-refractivity contribution in [3.63, 3.8) is 0 Å². The van der Waals surface area contributed by atoms with E-state index in [2.05, 4.69) is 38.2 Å². The number of carbonyl (C=O) groups is 5. The summed E-state index contributed by atoms with van der Waals surface area (Å²) >= 11 is 0. The van der Waals surface area contributed by atoms with Gasteiger partial charge in [0.25, 0.3) is 0 Å². The summed E-state index contributed by atoms with van der Waals surface area (Å²) in [5, 5.41) is 0. The van der Waals surface area contributed by atoms with Crippen LogP contribution >= 0.6 is 0 Å². The third kappa shape index (κ3) is 11.7. The van der Waals surface area contributed by atoms with Crippen LogP contribution in [0.4, 0.5) is 26.3 Å². The highest BCUT2D eigenvalue weighted by Crippen LogP contribution is 2.48. The second-order valence-electron chi connectivity index (χ2n) is 12.3. The first kappa shape index (κ1) is 45.2. The lowest BCUT2D eigenvalue weighted by Crippen LogP contribution is -2.25. The van der Waals surface area contributed by atoms with Crippen LogP contribution in [0, 0.1) is 18.8 Å². The summed E-state index contributed by atoms with van der Waals surface area (Å²) in [5.74, 6) is -4.40. The van der Waals surface area contributed by atoms with E-state index in [1.165, 1.54) is 69.3 Å². The Kier molecular flexibility index (Phi) is 14.2. The predicted octanol–water partition coefficient (Wildman–Crippen LogP) is 9.10. The number of carbonyl (C=O) groups excluding carboxylic acids is 5. The molecule has 0 spiro atoms. The molecule has 3 aromatic carbocycles. The maximum atomic E-state index is 15.2. The molecule has 0 amide bonds. The van der Waals surface area contributed by atoms with Crippen molar-refractivity contribution in [3.05, 3.63) is 136 Å². The molecule has 0 bridgehead atoms. The largest absolute Gasteiger partial charge is 0.428 e. The molecule has 3 aromatic rings. The molecule has 0 saturated carbocycles. The maximum Gasteiger partial charge on any atom is 0.422 e. The van der Waals surface area contributed by atoms with Gasteiger partial charge in [0.1, 0.15) is 28.4 Å². The number of hydrogen-bond acceptors (Lipinski definition) is 10. The standard InChI is InChI=1S/C42H32F6O10/c1-21(2)36(49)55-29-15-10-27(11-16-29)12-19-31-33(42(46,47)48)35(58-39(52)26(9)41(43,44)45)32(25(8)34(31)57-38(51)23(5)6)20-24(7)54-40(53)28-13-17-30(18-14-28)56-37(50)22(3)4/h10-11,13-18,20H,1,3,5,9H2,2,4,6-8H3/b24-20+. The fraction of sp³-hybridized carbons (Fsp3) is 0.167. The summed E-state index contributed by atoms with van der Waals surface area (Å²) in [7, 11) is 0. The van der Waals surface area contributed by atoms with Gasteiger partial charge in [-0.3, -0.25) is 0 Å². The van der Waals surface area contributed by atoms with Crippen LogP contribution in [0.2, 0.25) is 0 Å². The van der Waals surface area contributed by atoms with Crippen LogP contribution in [0.5, 0.6) is 23.0 Å². The fourth-order valence-corrected chi connectivity index (χ4v) is 4.32. The van der Waals surface area contributed by atoms with Gasteiger partial charge in [0, 0.05) is 33.4 Å². The van der Waals surface area contributed by atoms with E-state index in [9.17, 15) is 37.1 Å². The SMILES string of the molecule is C=C(C)C(=O)Oc1ccc(C#Cc2c(OC(=O)C(=C)C)c(C)c(/C=C(\C)OC(=O)c3ccc(OC(=O)C(=C)C)cc3)c(OC(=O)C(=C)C(F)(F)F)c2C(F)(F)F)cc1. The Bertz CT molecular complexity index is 2330. The lowest BCUT2D eigenvalue weighted by atomic mass is 9.94. The van der Waals surface area contributed by atoms with E-state index >= 15 is 13.2 Å². The van der Waals surface area contributed by atoms with Gasteiger partial charge in [0.15, 0.2) is 11.5 Å². The molecule has 0 aliphatic carbocycles. The Hall–Kier alpha value is -7.15. The Morgan fingerprint density at radius 3 is 1.52 bits per heavy atom. The highest BCUT2D eigenvalue weighted by atomic mass is 19.4. The van der Waals surface area contributed by atoms with Crippen molar-refractivity contribution in [3.8, 4) is 34.8 Å². The number of hydrogen-bond donors (Lipinski definition) is 0. The summed E-state index contributed by atoms with van der Waals surface area (Å²) in [6.07, 6.45) is -10.3. The van der Waals surface area contributed by atoms with Gasteiger partial charge in [-0.15, -0.1) is 0 Å². The first-order valence-electron chi connectivity index (χ1n) is 16.3. The topological polar surface area (TPSA) is 132 Å². The van der Waals surface area contributed by atoms with Gasteiger partial charge in [-0.1, -0.05) is 38.2 Å². The van der Waals surface area contributed by atoms with Crippen molar-refractivity contribution in [2.75, 3.05) is 0 Å². The van der Waals surface area contributed by atoms with Gasteiger partial charge in [-0.2, -0.15) is 26.3 Å². The molecule has 0 aromatic heterocycles. The quantitative estimate of drug-likeness (QED) is 0.0462. The van der Waals surface area contributed by atoms with E-state index in [0.29, 0.717) is 0 Å². The van der Waals surface area contributed by atoms with Crippen molar-refractivity contribution < 1.29 is 74.0 Å². The molecule has 0 atom stereocenters. The Morgan fingerprint density at radius 1 is 0.621 bits per heavy atom. The predicted molar refractivity (Wildman–Crippen MR) is 196 cm³/mol. The average molecular weight is 811 g/mol. The molecule has 3 rings (SSSR count). The number of alkyl halides is 6. The van der Waals surface area contributed by atoms with E-state index in [1.807, 2.05) is 0 Å². The molecular weight excluding hydrogens is 778 g/mol. The molecule has 58 heavy (non-hydrogen) atoms. The molecule has 0 heterocycles. The minimum absolute atomic E-state index is 0.0100. The Labute approximate surface area is 327 Å². The summed E-state index contributed by atoms with van der Waals surface area (Å²) < 4.78 is 112. The number of benzene rings is 3. The summed E-state index contributed by atoms with van der Waals surface area (Å²) in [5.41, 5.74) is -6.81. The Balaban J connectivity index is 2.32. The lowest BCUT2D eigenvalue weighted by Gasteiger charge is -2.23. The molecule has 0 aliphatic rings. The summed E-state index contributed by atoms with van der Waals surface area (Å²) in [4.78, 5) is 62.2. The highest BCUT2D eigenvalue weighted by molar-refractivity contribution is 5.94. The Morgan fingerprint density at radius 2 is 1.07 bits per heavy atom. The van der Waals surface area contributed by atoms with E-state index in [1.54, 1.807) is 0 Å². The zero-order valence-corrected chi connectivity index (χ0v) is 31.4. The van der Waals surface area contributed by atoms with Gasteiger partial charge in [0.2, 0.25) is 0 Å². The van der Waals surface area contributed by atoms with Crippen LogP contribution in [0.15, 0.2) is 103 Å². The van der Waals surface area contributed by atoms with Crippen molar-refractivity contribution in [1.82, 2.24) is 0 Å². The van der Waals surface area contributed by atoms with Crippen LogP contribution in [-0.4, -0.2) is 36.0 Å². The van der Waals surface area contributed by atoms with Gasteiger partial charge >= 0.3 is 42.2 Å². The van der Waals surface area contributed by atoms with E-state index in [0.717, 1.165) is 19.9 Å². The smallest absolute Gasteiger partial charge is 0.422 e. The zero-order chi connectivity index (χ0) is 43.9. The van der Waals surface area contributed by atoms with Gasteiger partial charge < -0.3 is 23.7 Å². The zero-order valence-electron chi connectivity index (χ0n) is 31.4. The maximum absolute atomic E-state index is 15.2. The molecule has 0 saturated heterocycles. The number of rotatable bonds is 11. The van der Waals surface area contributed by atoms with E-state index < -0.39 is 87.3 Å². The summed E-state index contributed by atoms with van der Waals surface area (Å²) in [6.45, 7) is 19.0. The second-order valence-corrected chi connectivity index (χ2v) is 12.3. The van der Waals surface area contributed by atoms with Crippen molar-refractivity contribution in [1.29, 1.82) is 0 Å². The van der Waals surface area contributed by atoms with Gasteiger partial charge in [-0.05, 0) is 89.2 Å². The molecule has 16 heteroatoms. The summed E-state index contributed by atoms with van der Waals surface area (Å²) in [6, 6.07) is 9.84. The first-order valence-corrected chi connectivity index (χ1v) is 16.3. The van der Waals surface area contributed by atoms with Crippen LogP contribution in [0.25, 0.3) is 6.08 Å². The van der Waals surface area contributed by atoms with Crippen LogP contribution in [0.3, 0.4) is 0 Å². The minimum Gasteiger partial charge on any atom is -0.428 e. The highest BCUT2D eigenvalue weighted by Gasteiger charge is 2.44. The molecule has 0 aliphatic heterocycles. The van der Waals surface area contributed by atoms with E-state index in [-0.39, 0.29) is 39.3 Å². The van der Waals surface area contributed by atoms with Gasteiger partial charge in [0.05, 0.1) is 11.1 Å². The van der Waals surface area contributed by atoms with Gasteiger partial charge in [-0.25, -0.2) is 24.0 Å². The van der Waals surface area contributed by atoms with Crippen LogP contribution in [-0.2, 0) is 30.1 Å². The lowest BCUT2D eigenvalue weighted by molar-refractivity contribution is -0.146. The number of esters is 5. The first-order chi connectivity index (χ1) is 26.8. The van der Waals surface area contributed by atoms with E-state index in [4.69, 9.17) is 23.7 Å². The number of halogens is 6. The molecule has 0 N–H and O–H groups in total. The molecule has 10 nitrogen and oxygen atoms in total. The number of ether oxygens (including phenoxy) is 5. The minimum atomic E-state index is -5.60. The monoisotopic (exact) mass is 810 g/mol. The molecular formula is C42H32F6O10. The third-order valence-corrected chi connectivity index (χ3v) is 7.30. The molecule has 0 radical (unpaired) electrons. The third-order valence-electron chi connectivity index (χ3n) is 7.30. The fourth-order valence-electron chi connectivity index (χ4n) is 4.32. The molecule has 302 valence electrons. The molecule has 0 unspecified atom stereocenters. The van der Waals surface area contributed by atoms with Crippen LogP contribution in [0.1, 0.15) is 65.9 Å². The molecule has 0 fully saturated rings. The van der Waals surface area contributed by atoms with Crippen molar-refractivity contribution in [2.45, 2.75) is 47.0 Å². The second kappa shape index (κ2) is 18.2. The van der Waals surface area contributed by atoms with Crippen molar-refractivity contribution in [2.24, 2.45) is 0 Å². The van der Waals surface area contributed by atoms with Crippen LogP contribution < -0.4 is 18.9 Å². The van der Waals surface area contributed by atoms with Crippen molar-refractivity contribution >= 4 is 35.9 Å². The number of allylic oxidation sites excluding steroid dienone is 1.